The molecule has 1 aliphatic rings. The molecule has 0 radical (unpaired) electrons. The molecule has 0 heterocycles. The molecular formula is C18H21NOS. The number of benzene rings is 2. The van der Waals surface area contributed by atoms with Crippen molar-refractivity contribution in [2.24, 2.45) is 5.73 Å². The van der Waals surface area contributed by atoms with Crippen LogP contribution >= 0.6 is 0 Å². The summed E-state index contributed by atoms with van der Waals surface area (Å²) in [6.45, 7) is 4.06. The number of fused-ring (bicyclic) bond motifs is 1. The zero-order chi connectivity index (χ0) is 15.0. The Bertz CT molecular complexity index is 695. The second kappa shape index (κ2) is 5.74. The molecule has 2 aromatic rings. The van der Waals surface area contributed by atoms with Gasteiger partial charge in [0.25, 0.3) is 0 Å². The maximum Gasteiger partial charge on any atom is 0.0590 e. The third kappa shape index (κ3) is 2.68. The molecule has 2 nitrogen and oxygen atoms in total. The van der Waals surface area contributed by atoms with Crippen molar-refractivity contribution >= 4 is 10.8 Å². The van der Waals surface area contributed by atoms with Crippen molar-refractivity contribution in [3.05, 3.63) is 64.7 Å². The van der Waals surface area contributed by atoms with E-state index in [1.165, 1.54) is 5.56 Å². The van der Waals surface area contributed by atoms with E-state index in [-0.39, 0.29) is 11.3 Å². The Morgan fingerprint density at radius 1 is 1.14 bits per heavy atom. The van der Waals surface area contributed by atoms with Crippen molar-refractivity contribution < 1.29 is 4.21 Å². The van der Waals surface area contributed by atoms with Gasteiger partial charge in [-0.05, 0) is 55.0 Å². The van der Waals surface area contributed by atoms with Crippen LogP contribution in [0.2, 0.25) is 0 Å². The molecule has 110 valence electrons. The van der Waals surface area contributed by atoms with Crippen molar-refractivity contribution in [2.75, 3.05) is 0 Å². The molecule has 0 aliphatic heterocycles. The van der Waals surface area contributed by atoms with Gasteiger partial charge in [0.1, 0.15) is 0 Å². The largest absolute Gasteiger partial charge is 0.323 e. The number of nitrogens with two attached hydrogens (primary N) is 1. The van der Waals surface area contributed by atoms with Crippen LogP contribution in [-0.4, -0.2) is 9.46 Å². The smallest absolute Gasteiger partial charge is 0.0590 e. The van der Waals surface area contributed by atoms with Gasteiger partial charge in [-0.25, -0.2) is 0 Å². The summed E-state index contributed by atoms with van der Waals surface area (Å²) in [6.07, 6.45) is 1.85. The van der Waals surface area contributed by atoms with Gasteiger partial charge < -0.3 is 5.73 Å². The van der Waals surface area contributed by atoms with Gasteiger partial charge in [0.15, 0.2) is 0 Å². The van der Waals surface area contributed by atoms with Crippen molar-refractivity contribution in [1.82, 2.24) is 0 Å². The van der Waals surface area contributed by atoms with Gasteiger partial charge in [-0.1, -0.05) is 36.4 Å². The predicted octanol–water partition coefficient (Wildman–Crippen LogP) is 3.43. The Morgan fingerprint density at radius 2 is 1.90 bits per heavy atom. The van der Waals surface area contributed by atoms with Gasteiger partial charge in [0, 0.05) is 10.9 Å². The molecule has 1 aliphatic carbocycles. The van der Waals surface area contributed by atoms with Crippen molar-refractivity contribution in [3.63, 3.8) is 0 Å². The summed E-state index contributed by atoms with van der Waals surface area (Å²) in [5.41, 5.74) is 11.1. The van der Waals surface area contributed by atoms with E-state index in [2.05, 4.69) is 18.2 Å². The molecule has 3 atom stereocenters. The molecule has 0 bridgehead atoms. The first kappa shape index (κ1) is 14.5. The van der Waals surface area contributed by atoms with Gasteiger partial charge >= 0.3 is 0 Å². The minimum atomic E-state index is -1.05. The third-order valence-electron chi connectivity index (χ3n) is 4.35. The highest BCUT2D eigenvalue weighted by atomic mass is 32.2. The molecule has 0 saturated heterocycles. The Hall–Kier alpha value is -1.45. The first-order chi connectivity index (χ1) is 10.1. The minimum absolute atomic E-state index is 0.000370. The molecule has 0 fully saturated rings. The highest BCUT2D eigenvalue weighted by molar-refractivity contribution is 7.85. The molecule has 3 heteroatoms. The molecule has 0 aromatic heterocycles. The van der Waals surface area contributed by atoms with Crippen molar-refractivity contribution in [3.8, 4) is 0 Å². The van der Waals surface area contributed by atoms with Crippen molar-refractivity contribution in [1.29, 1.82) is 0 Å². The Morgan fingerprint density at radius 3 is 2.71 bits per heavy atom. The van der Waals surface area contributed by atoms with Gasteiger partial charge in [0.05, 0.1) is 16.0 Å². The fraction of sp³-hybridized carbons (Fsp3) is 0.333. The summed E-state index contributed by atoms with van der Waals surface area (Å²) in [4.78, 5) is 0.940. The average Bonchev–Trinajstić information content (AvgIpc) is 2.50. The second-order valence-electron chi connectivity index (χ2n) is 5.87. The Balaban J connectivity index is 1.95. The third-order valence-corrected chi connectivity index (χ3v) is 6.30. The zero-order valence-electron chi connectivity index (χ0n) is 12.5. The quantitative estimate of drug-likeness (QED) is 0.923. The van der Waals surface area contributed by atoms with Gasteiger partial charge in [-0.3, -0.25) is 4.21 Å². The topological polar surface area (TPSA) is 43.1 Å². The van der Waals surface area contributed by atoms with E-state index < -0.39 is 10.8 Å². The van der Waals surface area contributed by atoms with Crippen LogP contribution in [0.5, 0.6) is 0 Å². The SMILES string of the molecule is Cc1ccc(C)c(S(=O)C2CCc3ccccc3C2N)c1. The molecule has 21 heavy (non-hydrogen) atoms. The van der Waals surface area contributed by atoms with E-state index >= 15 is 0 Å². The highest BCUT2D eigenvalue weighted by Crippen LogP contribution is 2.34. The summed E-state index contributed by atoms with van der Waals surface area (Å²) < 4.78 is 13.0. The molecular weight excluding hydrogens is 278 g/mol. The monoisotopic (exact) mass is 299 g/mol. The van der Waals surface area contributed by atoms with Crippen LogP contribution in [0.4, 0.5) is 0 Å². The molecule has 2 aromatic carbocycles. The lowest BCUT2D eigenvalue weighted by Gasteiger charge is -2.30. The zero-order valence-corrected chi connectivity index (χ0v) is 13.3. The highest BCUT2D eigenvalue weighted by Gasteiger charge is 2.32. The first-order valence-corrected chi connectivity index (χ1v) is 8.60. The fourth-order valence-corrected chi connectivity index (χ4v) is 4.85. The van der Waals surface area contributed by atoms with Crippen LogP contribution in [0, 0.1) is 13.8 Å². The number of hydrogen-bond donors (Lipinski definition) is 1. The van der Waals surface area contributed by atoms with E-state index in [1.807, 2.05) is 38.1 Å². The molecule has 0 saturated carbocycles. The molecule has 3 unspecified atom stereocenters. The Labute approximate surface area is 128 Å². The van der Waals surface area contributed by atoms with Gasteiger partial charge in [-0.2, -0.15) is 0 Å². The first-order valence-electron chi connectivity index (χ1n) is 7.39. The van der Waals surface area contributed by atoms with Gasteiger partial charge in [-0.15, -0.1) is 0 Å². The number of hydrogen-bond acceptors (Lipinski definition) is 2. The minimum Gasteiger partial charge on any atom is -0.323 e. The van der Waals surface area contributed by atoms with E-state index in [1.54, 1.807) is 0 Å². The lowest BCUT2D eigenvalue weighted by Crippen LogP contribution is -2.35. The van der Waals surface area contributed by atoms with Crippen LogP contribution in [-0.2, 0) is 17.2 Å². The van der Waals surface area contributed by atoms with E-state index in [9.17, 15) is 4.21 Å². The molecule has 0 spiro atoms. The van der Waals surface area contributed by atoms with Crippen LogP contribution in [0.15, 0.2) is 47.4 Å². The normalized spacial score (nSPS) is 22.6. The van der Waals surface area contributed by atoms with Gasteiger partial charge in [0.2, 0.25) is 0 Å². The lowest BCUT2D eigenvalue weighted by molar-refractivity contribution is 0.563. The standard InChI is InChI=1S/C18H21NOS/c1-12-7-8-13(2)17(11-12)21(20)16-10-9-14-5-3-4-6-15(14)18(16)19/h3-8,11,16,18H,9-10,19H2,1-2H3. The lowest BCUT2D eigenvalue weighted by atomic mass is 9.88. The predicted molar refractivity (Wildman–Crippen MR) is 87.8 cm³/mol. The van der Waals surface area contributed by atoms with Crippen LogP contribution in [0.3, 0.4) is 0 Å². The maximum absolute atomic E-state index is 13.0. The molecule has 0 amide bonds. The van der Waals surface area contributed by atoms with Crippen LogP contribution < -0.4 is 5.73 Å². The summed E-state index contributed by atoms with van der Waals surface area (Å²) in [5.74, 6) is 0. The molecule has 2 N–H and O–H groups in total. The maximum atomic E-state index is 13.0. The second-order valence-corrected chi connectivity index (χ2v) is 7.51. The summed E-state index contributed by atoms with van der Waals surface area (Å²) in [5, 5.41) is 0.000370. The van der Waals surface area contributed by atoms with Crippen LogP contribution in [0.25, 0.3) is 0 Å². The molecule has 3 rings (SSSR count). The van der Waals surface area contributed by atoms with Crippen LogP contribution in [0.1, 0.15) is 34.7 Å². The summed E-state index contributed by atoms with van der Waals surface area (Å²) in [7, 11) is -1.05. The van der Waals surface area contributed by atoms with E-state index in [4.69, 9.17) is 5.73 Å². The van der Waals surface area contributed by atoms with Crippen molar-refractivity contribution in [2.45, 2.75) is 42.9 Å². The number of rotatable bonds is 2. The number of aryl methyl sites for hydroxylation is 3. The summed E-state index contributed by atoms with van der Waals surface area (Å²) in [6, 6.07) is 14.3. The fourth-order valence-electron chi connectivity index (χ4n) is 3.09. The Kier molecular flexibility index (Phi) is 3.96. The average molecular weight is 299 g/mol. The van der Waals surface area contributed by atoms with E-state index in [0.717, 1.165) is 34.4 Å². The van der Waals surface area contributed by atoms with E-state index in [0.29, 0.717) is 0 Å². The summed E-state index contributed by atoms with van der Waals surface area (Å²) >= 11 is 0.